The maximum atomic E-state index is 12.1. The molecule has 2 aliphatic heterocycles. The van der Waals surface area contributed by atoms with Crippen molar-refractivity contribution >= 4 is 21.8 Å². The van der Waals surface area contributed by atoms with Crippen molar-refractivity contribution in [1.29, 1.82) is 0 Å². The van der Waals surface area contributed by atoms with Gasteiger partial charge in [0.15, 0.2) is 6.10 Å². The van der Waals surface area contributed by atoms with Crippen LogP contribution in [0.25, 0.3) is 0 Å². The first-order chi connectivity index (χ1) is 12.9. The number of carbonyl (C=O) groups excluding carboxylic acids is 1. The number of benzene rings is 1. The zero-order valence-corrected chi connectivity index (χ0v) is 16.0. The summed E-state index contributed by atoms with van der Waals surface area (Å²) in [5.74, 6) is 0.724. The van der Waals surface area contributed by atoms with Crippen molar-refractivity contribution in [2.24, 2.45) is 0 Å². The molecule has 0 aromatic heterocycles. The number of fused-ring (bicyclic) bond motifs is 1. The molecule has 0 aliphatic carbocycles. The fourth-order valence-electron chi connectivity index (χ4n) is 3.18. The molecule has 27 heavy (non-hydrogen) atoms. The van der Waals surface area contributed by atoms with Crippen LogP contribution in [-0.2, 0) is 24.2 Å². The Hall–Kier alpha value is -1.88. The van der Waals surface area contributed by atoms with Gasteiger partial charge in [0.25, 0.3) is 0 Å². The van der Waals surface area contributed by atoms with Crippen molar-refractivity contribution in [2.75, 3.05) is 31.4 Å². The minimum atomic E-state index is -3.38. The molecule has 9 nitrogen and oxygen atoms in total. The average Bonchev–Trinajstić information content (AvgIpc) is 3.19. The van der Waals surface area contributed by atoms with Gasteiger partial charge in [0.1, 0.15) is 18.0 Å². The largest absolute Gasteiger partial charge is 0.497 e. The number of rotatable bonds is 7. The average molecular weight is 400 g/mol. The topological polar surface area (TPSA) is 112 Å². The number of hydrogen-bond acceptors (Lipinski definition) is 7. The van der Waals surface area contributed by atoms with Crippen molar-refractivity contribution in [3.8, 4) is 5.75 Å². The van der Waals surface area contributed by atoms with Gasteiger partial charge < -0.3 is 18.9 Å². The zero-order chi connectivity index (χ0) is 19.4. The molecule has 3 rings (SSSR count). The molecule has 2 heterocycles. The summed E-state index contributed by atoms with van der Waals surface area (Å²) in [5.41, 5.74) is 0.564. The van der Waals surface area contributed by atoms with Gasteiger partial charge >= 0.3 is 6.09 Å². The third-order valence-corrected chi connectivity index (χ3v) is 6.01. The number of ether oxygens (including phenoxy) is 4. The molecule has 2 aliphatic rings. The summed E-state index contributed by atoms with van der Waals surface area (Å²) in [7, 11) is -1.82. The second-order valence-electron chi connectivity index (χ2n) is 6.44. The standard InChI is InChI=1S/C17H24N2O7S/c1-3-8-27(21,22)19-13-9-24-16-14(10-25-15(13)16)26-17(20)18-11-4-6-12(23-2)7-5-11/h4-7,13-16,19H,3,8-10H2,1-2H3,(H,18,20)/t13-,14-,15-,16+/m1/s1. The van der Waals surface area contributed by atoms with E-state index >= 15 is 0 Å². The van der Waals surface area contributed by atoms with Gasteiger partial charge in [-0.25, -0.2) is 17.9 Å². The smallest absolute Gasteiger partial charge is 0.412 e. The first kappa shape index (κ1) is 19.9. The Morgan fingerprint density at radius 2 is 1.89 bits per heavy atom. The number of anilines is 1. The van der Waals surface area contributed by atoms with Crippen LogP contribution in [0.5, 0.6) is 5.75 Å². The van der Waals surface area contributed by atoms with Crippen molar-refractivity contribution in [3.63, 3.8) is 0 Å². The van der Waals surface area contributed by atoms with Gasteiger partial charge in [-0.15, -0.1) is 0 Å². The van der Waals surface area contributed by atoms with Crippen LogP contribution in [0, 0.1) is 0 Å². The van der Waals surface area contributed by atoms with E-state index in [4.69, 9.17) is 18.9 Å². The molecule has 2 fully saturated rings. The Labute approximate surface area is 158 Å². The summed E-state index contributed by atoms with van der Waals surface area (Å²) in [6.07, 6.45) is -1.69. The Morgan fingerprint density at radius 3 is 2.56 bits per heavy atom. The molecule has 10 heteroatoms. The molecule has 0 spiro atoms. The number of hydrogen-bond donors (Lipinski definition) is 2. The molecule has 1 aromatic carbocycles. The summed E-state index contributed by atoms with van der Waals surface area (Å²) in [4.78, 5) is 12.1. The van der Waals surface area contributed by atoms with E-state index in [2.05, 4.69) is 10.0 Å². The molecule has 0 saturated carbocycles. The molecule has 2 saturated heterocycles. The predicted molar refractivity (Wildman–Crippen MR) is 97.4 cm³/mol. The second-order valence-corrected chi connectivity index (χ2v) is 8.31. The quantitative estimate of drug-likeness (QED) is 0.705. The highest BCUT2D eigenvalue weighted by molar-refractivity contribution is 7.89. The Kier molecular flexibility index (Phi) is 6.20. The van der Waals surface area contributed by atoms with Gasteiger partial charge in [-0.1, -0.05) is 6.92 Å². The van der Waals surface area contributed by atoms with E-state index in [-0.39, 0.29) is 19.0 Å². The van der Waals surface area contributed by atoms with Crippen LogP contribution in [0.4, 0.5) is 10.5 Å². The molecule has 2 N–H and O–H groups in total. The highest BCUT2D eigenvalue weighted by Gasteiger charge is 2.50. The van der Waals surface area contributed by atoms with E-state index in [1.54, 1.807) is 38.3 Å². The van der Waals surface area contributed by atoms with Crippen molar-refractivity contribution in [1.82, 2.24) is 4.72 Å². The van der Waals surface area contributed by atoms with Crippen molar-refractivity contribution in [2.45, 2.75) is 37.7 Å². The van der Waals surface area contributed by atoms with Crippen LogP contribution in [0.3, 0.4) is 0 Å². The van der Waals surface area contributed by atoms with Crippen LogP contribution >= 0.6 is 0 Å². The maximum Gasteiger partial charge on any atom is 0.412 e. The van der Waals surface area contributed by atoms with E-state index in [0.717, 1.165) is 0 Å². The number of nitrogens with one attached hydrogen (secondary N) is 2. The molecule has 1 aromatic rings. The SMILES string of the molecule is CCCS(=O)(=O)N[C@@H]1CO[C@@H]2[C@@H]1OC[C@H]2OC(=O)Nc1ccc(OC)cc1. The molecule has 4 atom stereocenters. The normalized spacial score (nSPS) is 27.2. The molecule has 0 radical (unpaired) electrons. The Morgan fingerprint density at radius 1 is 1.19 bits per heavy atom. The van der Waals surface area contributed by atoms with Gasteiger partial charge in [-0.2, -0.15) is 0 Å². The fraction of sp³-hybridized carbons (Fsp3) is 0.588. The molecule has 1 amide bonds. The minimum Gasteiger partial charge on any atom is -0.497 e. The van der Waals surface area contributed by atoms with Gasteiger partial charge in [0, 0.05) is 5.69 Å². The van der Waals surface area contributed by atoms with E-state index < -0.39 is 40.5 Å². The van der Waals surface area contributed by atoms with Crippen LogP contribution in [0.1, 0.15) is 13.3 Å². The van der Waals surface area contributed by atoms with Crippen LogP contribution in [0.2, 0.25) is 0 Å². The third kappa shape index (κ3) is 4.89. The van der Waals surface area contributed by atoms with Crippen LogP contribution in [-0.4, -0.2) is 64.9 Å². The van der Waals surface area contributed by atoms with Crippen LogP contribution in [0.15, 0.2) is 24.3 Å². The second kappa shape index (κ2) is 8.42. The summed E-state index contributed by atoms with van der Waals surface area (Å²) >= 11 is 0. The first-order valence-corrected chi connectivity index (χ1v) is 10.4. The van der Waals surface area contributed by atoms with Gasteiger partial charge in [-0.05, 0) is 30.7 Å². The molecular formula is C17H24N2O7S. The monoisotopic (exact) mass is 400 g/mol. The van der Waals surface area contributed by atoms with Gasteiger partial charge in [0.05, 0.1) is 32.1 Å². The van der Waals surface area contributed by atoms with Crippen molar-refractivity contribution in [3.05, 3.63) is 24.3 Å². The summed E-state index contributed by atoms with van der Waals surface area (Å²) in [6, 6.07) is 6.34. The third-order valence-electron chi connectivity index (χ3n) is 4.41. The van der Waals surface area contributed by atoms with Gasteiger partial charge in [0.2, 0.25) is 10.0 Å². The lowest BCUT2D eigenvalue weighted by Gasteiger charge is -2.18. The lowest BCUT2D eigenvalue weighted by Crippen LogP contribution is -2.45. The molecule has 0 bridgehead atoms. The van der Waals surface area contributed by atoms with E-state index in [0.29, 0.717) is 17.9 Å². The number of sulfonamides is 1. The van der Waals surface area contributed by atoms with Gasteiger partial charge in [-0.3, -0.25) is 5.32 Å². The minimum absolute atomic E-state index is 0.0467. The van der Waals surface area contributed by atoms with Crippen molar-refractivity contribution < 1.29 is 32.2 Å². The highest BCUT2D eigenvalue weighted by atomic mass is 32.2. The highest BCUT2D eigenvalue weighted by Crippen LogP contribution is 2.29. The number of methoxy groups -OCH3 is 1. The molecular weight excluding hydrogens is 376 g/mol. The van der Waals surface area contributed by atoms with E-state index in [9.17, 15) is 13.2 Å². The summed E-state index contributed by atoms with van der Waals surface area (Å²) < 4.78 is 48.3. The lowest BCUT2D eigenvalue weighted by molar-refractivity contribution is 0.00883. The summed E-state index contributed by atoms with van der Waals surface area (Å²) in [5, 5.41) is 2.63. The Balaban J connectivity index is 1.53. The van der Waals surface area contributed by atoms with E-state index in [1.165, 1.54) is 0 Å². The Bertz CT molecular complexity index is 753. The fourth-order valence-corrected chi connectivity index (χ4v) is 4.50. The predicted octanol–water partition coefficient (Wildman–Crippen LogP) is 1.11. The lowest BCUT2D eigenvalue weighted by atomic mass is 10.1. The first-order valence-electron chi connectivity index (χ1n) is 8.76. The van der Waals surface area contributed by atoms with E-state index in [1.807, 2.05) is 0 Å². The zero-order valence-electron chi connectivity index (χ0n) is 15.2. The summed E-state index contributed by atoms with van der Waals surface area (Å²) in [6.45, 7) is 2.13. The molecule has 0 unspecified atom stereocenters. The number of carbonyl (C=O) groups is 1. The number of amides is 1. The maximum absolute atomic E-state index is 12.1. The van der Waals surface area contributed by atoms with Crippen LogP contribution < -0.4 is 14.8 Å². The molecule has 150 valence electrons.